The van der Waals surface area contributed by atoms with E-state index in [1.807, 2.05) is 0 Å². The van der Waals surface area contributed by atoms with E-state index in [2.05, 4.69) is 25.7 Å². The summed E-state index contributed by atoms with van der Waals surface area (Å²) in [4.78, 5) is 2.46. The molecule has 1 radical (unpaired) electrons. The van der Waals surface area contributed by atoms with Gasteiger partial charge >= 0.3 is 0 Å². The lowest BCUT2D eigenvalue weighted by molar-refractivity contribution is 0.356. The van der Waals surface area contributed by atoms with Gasteiger partial charge in [-0.25, -0.2) is 0 Å². The van der Waals surface area contributed by atoms with Crippen molar-refractivity contribution in [2.24, 2.45) is 0 Å². The summed E-state index contributed by atoms with van der Waals surface area (Å²) in [6.45, 7) is 9.04. The highest BCUT2D eigenvalue weighted by atomic mass is 35.5. The molecule has 0 bridgehead atoms. The molecule has 0 aliphatic rings. The Morgan fingerprint density at radius 3 is 2.27 bits per heavy atom. The number of hydrogen-bond acceptors (Lipinski definition) is 1. The molecule has 0 atom stereocenters. The summed E-state index contributed by atoms with van der Waals surface area (Å²) in [5, 5.41) is 0. The lowest BCUT2D eigenvalue weighted by Crippen LogP contribution is -2.37. The van der Waals surface area contributed by atoms with Crippen LogP contribution in [0.15, 0.2) is 0 Å². The molecule has 0 spiro atoms. The van der Waals surface area contributed by atoms with Crippen molar-refractivity contribution >= 4 is 11.6 Å². The number of alkyl halides is 1. The molecule has 2 heteroatoms. The second-order valence-electron chi connectivity index (χ2n) is 3.12. The van der Waals surface area contributed by atoms with E-state index in [0.717, 1.165) is 18.8 Å². The Morgan fingerprint density at radius 2 is 1.91 bits per heavy atom. The van der Waals surface area contributed by atoms with Gasteiger partial charge in [0.1, 0.15) is 19.1 Å². The standard InChI is InChI=1S/C9H20ClN/c1-4-11(9(2)3)8-6-5-7-10/h9H,4-8H2,1-3H3/q+1. The van der Waals surface area contributed by atoms with Crippen LogP contribution in [0.3, 0.4) is 0 Å². The minimum absolute atomic E-state index is 0.676. The molecule has 11 heavy (non-hydrogen) atoms. The van der Waals surface area contributed by atoms with Gasteiger partial charge in [-0.2, -0.15) is 4.90 Å². The van der Waals surface area contributed by atoms with Crippen LogP contribution in [-0.4, -0.2) is 25.0 Å². The van der Waals surface area contributed by atoms with Gasteiger partial charge in [-0.3, -0.25) is 0 Å². The highest BCUT2D eigenvalue weighted by Gasteiger charge is 2.14. The third-order valence-electron chi connectivity index (χ3n) is 1.97. The first kappa shape index (κ1) is 11.2. The van der Waals surface area contributed by atoms with Gasteiger partial charge in [0.15, 0.2) is 0 Å². The van der Waals surface area contributed by atoms with Gasteiger partial charge in [0, 0.05) is 12.3 Å². The molecule has 0 aliphatic heterocycles. The number of unbranched alkanes of at least 4 members (excludes halogenated alkanes) is 1. The van der Waals surface area contributed by atoms with Crippen molar-refractivity contribution in [2.75, 3.05) is 19.0 Å². The molecular weight excluding hydrogens is 158 g/mol. The maximum Gasteiger partial charge on any atom is 0.127 e. The molecule has 0 N–H and O–H groups in total. The minimum atomic E-state index is 0.676. The van der Waals surface area contributed by atoms with Crippen molar-refractivity contribution in [2.45, 2.75) is 39.7 Å². The van der Waals surface area contributed by atoms with Gasteiger partial charge < -0.3 is 0 Å². The Kier molecular flexibility index (Phi) is 7.09. The van der Waals surface area contributed by atoms with Crippen LogP contribution < -0.4 is 4.90 Å². The fourth-order valence-corrected chi connectivity index (χ4v) is 1.38. The Balaban J connectivity index is 3.36. The first-order valence-corrected chi connectivity index (χ1v) is 5.05. The Labute approximate surface area is 75.7 Å². The van der Waals surface area contributed by atoms with E-state index in [1.165, 1.54) is 13.0 Å². The summed E-state index contributed by atoms with van der Waals surface area (Å²) in [7, 11) is 0. The molecule has 0 rings (SSSR count). The van der Waals surface area contributed by atoms with E-state index in [9.17, 15) is 0 Å². The van der Waals surface area contributed by atoms with E-state index in [4.69, 9.17) is 11.6 Å². The van der Waals surface area contributed by atoms with Gasteiger partial charge in [0.2, 0.25) is 0 Å². The predicted octanol–water partition coefficient (Wildman–Crippen LogP) is 2.57. The fraction of sp³-hybridized carbons (Fsp3) is 1.00. The summed E-state index contributed by atoms with van der Waals surface area (Å²) < 4.78 is 0. The van der Waals surface area contributed by atoms with Gasteiger partial charge in [0.05, 0.1) is 0 Å². The molecule has 67 valence electrons. The quantitative estimate of drug-likeness (QED) is 0.334. The average molecular weight is 178 g/mol. The zero-order valence-corrected chi connectivity index (χ0v) is 8.69. The van der Waals surface area contributed by atoms with Crippen molar-refractivity contribution < 1.29 is 0 Å². The first-order valence-electron chi connectivity index (χ1n) is 4.52. The van der Waals surface area contributed by atoms with Crippen LogP contribution in [0, 0.1) is 0 Å². The molecule has 0 aliphatic carbocycles. The van der Waals surface area contributed by atoms with Crippen molar-refractivity contribution in [1.29, 1.82) is 0 Å². The van der Waals surface area contributed by atoms with Crippen LogP contribution in [-0.2, 0) is 0 Å². The molecule has 0 amide bonds. The topological polar surface area (TPSA) is 5.90 Å². The van der Waals surface area contributed by atoms with Crippen molar-refractivity contribution in [3.8, 4) is 0 Å². The second-order valence-corrected chi connectivity index (χ2v) is 3.50. The smallest absolute Gasteiger partial charge is 0.127 e. The monoisotopic (exact) mass is 177 g/mol. The largest absolute Gasteiger partial charge is 0.168 e. The summed E-state index contributed by atoms with van der Waals surface area (Å²) in [5.41, 5.74) is 0. The Hall–Kier alpha value is 0.250. The molecule has 0 saturated carbocycles. The average Bonchev–Trinajstić information content (AvgIpc) is 1.97. The van der Waals surface area contributed by atoms with E-state index in [1.54, 1.807) is 0 Å². The van der Waals surface area contributed by atoms with E-state index >= 15 is 0 Å². The zero-order chi connectivity index (χ0) is 8.69. The van der Waals surface area contributed by atoms with Crippen molar-refractivity contribution in [3.63, 3.8) is 0 Å². The second kappa shape index (κ2) is 6.93. The number of nitrogens with zero attached hydrogens (tertiary/aromatic N) is 1. The van der Waals surface area contributed by atoms with E-state index in [-0.39, 0.29) is 0 Å². The van der Waals surface area contributed by atoms with Gasteiger partial charge in [-0.05, 0) is 27.2 Å². The molecule has 0 unspecified atom stereocenters. The number of hydrogen-bond donors (Lipinski definition) is 0. The van der Waals surface area contributed by atoms with Crippen LogP contribution in [0.1, 0.15) is 33.6 Å². The van der Waals surface area contributed by atoms with Crippen LogP contribution in [0.5, 0.6) is 0 Å². The SMILES string of the molecule is CC[N+](CCCCCl)C(C)C. The molecular formula is C9H20ClN+. The molecule has 0 aromatic heterocycles. The van der Waals surface area contributed by atoms with Crippen LogP contribution in [0.2, 0.25) is 0 Å². The van der Waals surface area contributed by atoms with E-state index in [0.29, 0.717) is 6.04 Å². The predicted molar refractivity (Wildman–Crippen MR) is 52.6 cm³/mol. The molecule has 0 aromatic carbocycles. The molecule has 0 saturated heterocycles. The summed E-state index contributed by atoms with van der Waals surface area (Å²) in [5.74, 6) is 0.801. The van der Waals surface area contributed by atoms with Crippen molar-refractivity contribution in [1.82, 2.24) is 4.90 Å². The van der Waals surface area contributed by atoms with Crippen molar-refractivity contribution in [3.05, 3.63) is 0 Å². The first-order chi connectivity index (χ1) is 5.22. The Morgan fingerprint density at radius 1 is 1.27 bits per heavy atom. The van der Waals surface area contributed by atoms with Gasteiger partial charge in [0.25, 0.3) is 0 Å². The normalized spacial score (nSPS) is 11.5. The molecule has 1 nitrogen and oxygen atoms in total. The lowest BCUT2D eigenvalue weighted by Gasteiger charge is -2.13. The summed E-state index contributed by atoms with van der Waals surface area (Å²) >= 11 is 5.59. The van der Waals surface area contributed by atoms with Crippen LogP contribution >= 0.6 is 11.6 Å². The lowest BCUT2D eigenvalue weighted by atomic mass is 10.2. The molecule has 0 fully saturated rings. The highest BCUT2D eigenvalue weighted by molar-refractivity contribution is 6.17. The highest BCUT2D eigenvalue weighted by Crippen LogP contribution is 1.98. The maximum absolute atomic E-state index is 5.59. The fourth-order valence-electron chi connectivity index (χ4n) is 1.19. The Bertz CT molecular complexity index is 83.6. The van der Waals surface area contributed by atoms with E-state index < -0.39 is 0 Å². The zero-order valence-electron chi connectivity index (χ0n) is 7.94. The summed E-state index contributed by atoms with van der Waals surface area (Å²) in [6.07, 6.45) is 2.38. The number of rotatable bonds is 6. The maximum atomic E-state index is 5.59. The minimum Gasteiger partial charge on any atom is -0.168 e. The van der Waals surface area contributed by atoms with Crippen LogP contribution in [0.4, 0.5) is 0 Å². The van der Waals surface area contributed by atoms with Gasteiger partial charge in [-0.15, -0.1) is 11.6 Å². The third-order valence-corrected chi connectivity index (χ3v) is 2.23. The third kappa shape index (κ3) is 5.51. The molecule has 0 heterocycles. The number of halogens is 1. The summed E-state index contributed by atoms with van der Waals surface area (Å²) in [6, 6.07) is 0.676. The van der Waals surface area contributed by atoms with Crippen LogP contribution in [0.25, 0.3) is 0 Å². The van der Waals surface area contributed by atoms with Gasteiger partial charge in [-0.1, -0.05) is 0 Å². The molecule has 0 aromatic rings.